The van der Waals surface area contributed by atoms with Crippen molar-refractivity contribution in [1.29, 1.82) is 0 Å². The number of aromatic carboxylic acids is 1. The average molecular weight is 632 g/mol. The summed E-state index contributed by atoms with van der Waals surface area (Å²) in [5.74, 6) is -2.80. The molecule has 1 heterocycles. The van der Waals surface area contributed by atoms with Crippen LogP contribution in [0.2, 0.25) is 0 Å². The quantitative estimate of drug-likeness (QED) is 0.173. The number of carboxylic acid groups (broad SMARTS) is 1. The number of nitrogens with zero attached hydrogens (tertiary/aromatic N) is 1. The van der Waals surface area contributed by atoms with Gasteiger partial charge in [-0.3, -0.25) is 9.59 Å². The Kier molecular flexibility index (Phi) is 9.15. The Hall–Kier alpha value is -5.16. The van der Waals surface area contributed by atoms with Gasteiger partial charge >= 0.3 is 12.1 Å². The molecule has 238 valence electrons. The first-order valence-electron chi connectivity index (χ1n) is 14.6. The summed E-state index contributed by atoms with van der Waals surface area (Å²) >= 11 is 0. The standard InChI is InChI=1S/C35H32F3N3O5/c36-35(37,38)29-20-28(12-13-30(29)39)40-33(45)34(46,27-14-16-41(17-15-27)31(42)23-7-2-1-3-8-23)21-22-6-4-9-24(18-22)25-10-5-11-26(19-25)32(43)44/h1-13,18-20,27,46H,14-17,21,39H2,(H,40,45)(H,43,44). The number of nitrogens with one attached hydrogen (secondary N) is 1. The Balaban J connectivity index is 1.44. The van der Waals surface area contributed by atoms with Crippen LogP contribution in [0.4, 0.5) is 24.5 Å². The Bertz CT molecular complexity index is 1750. The highest BCUT2D eigenvalue weighted by Gasteiger charge is 2.46. The van der Waals surface area contributed by atoms with Gasteiger partial charge < -0.3 is 26.2 Å². The number of anilines is 2. The van der Waals surface area contributed by atoms with E-state index < -0.39 is 40.8 Å². The molecule has 1 aliphatic heterocycles. The van der Waals surface area contributed by atoms with Crippen molar-refractivity contribution in [1.82, 2.24) is 4.90 Å². The number of hydrogen-bond acceptors (Lipinski definition) is 5. The molecule has 0 radical (unpaired) electrons. The summed E-state index contributed by atoms with van der Waals surface area (Å²) in [5, 5.41) is 24.1. The fourth-order valence-electron chi connectivity index (χ4n) is 5.86. The van der Waals surface area contributed by atoms with E-state index in [1.54, 1.807) is 71.6 Å². The lowest BCUT2D eigenvalue weighted by molar-refractivity contribution is -0.142. The highest BCUT2D eigenvalue weighted by atomic mass is 19.4. The van der Waals surface area contributed by atoms with Gasteiger partial charge in [-0.2, -0.15) is 13.2 Å². The van der Waals surface area contributed by atoms with Gasteiger partial charge in [0.2, 0.25) is 0 Å². The van der Waals surface area contributed by atoms with E-state index in [0.717, 1.165) is 12.1 Å². The Morgan fingerprint density at radius 1 is 0.826 bits per heavy atom. The summed E-state index contributed by atoms with van der Waals surface area (Å²) in [6.07, 6.45) is -4.42. The number of carbonyl (C=O) groups excluding carboxylic acids is 2. The van der Waals surface area contributed by atoms with E-state index in [1.807, 2.05) is 0 Å². The zero-order chi connectivity index (χ0) is 33.1. The molecule has 1 atom stereocenters. The van der Waals surface area contributed by atoms with Crippen LogP contribution < -0.4 is 11.1 Å². The van der Waals surface area contributed by atoms with E-state index in [2.05, 4.69) is 5.32 Å². The molecule has 5 rings (SSSR count). The molecule has 46 heavy (non-hydrogen) atoms. The Morgan fingerprint density at radius 3 is 2.11 bits per heavy atom. The van der Waals surface area contributed by atoms with Crippen molar-refractivity contribution in [3.05, 3.63) is 119 Å². The maximum atomic E-state index is 13.9. The predicted molar refractivity (Wildman–Crippen MR) is 167 cm³/mol. The van der Waals surface area contributed by atoms with Crippen LogP contribution in [-0.4, -0.2) is 51.6 Å². The third-order valence-electron chi connectivity index (χ3n) is 8.33. The monoisotopic (exact) mass is 631 g/mol. The second-order valence-corrected chi connectivity index (χ2v) is 11.4. The number of benzene rings is 4. The molecule has 0 aliphatic carbocycles. The van der Waals surface area contributed by atoms with Crippen molar-refractivity contribution in [3.63, 3.8) is 0 Å². The molecule has 2 amide bonds. The molecular formula is C35H32F3N3O5. The normalized spacial score (nSPS) is 15.2. The number of nitrogen functional groups attached to an aromatic ring is 1. The number of carboxylic acids is 1. The van der Waals surface area contributed by atoms with Crippen LogP contribution in [0.15, 0.2) is 97.1 Å². The summed E-state index contributed by atoms with van der Waals surface area (Å²) in [4.78, 5) is 40.1. The van der Waals surface area contributed by atoms with Gasteiger partial charge in [-0.05, 0) is 72.0 Å². The van der Waals surface area contributed by atoms with E-state index in [-0.39, 0.29) is 49.5 Å². The van der Waals surface area contributed by atoms with Gasteiger partial charge in [0, 0.05) is 42.4 Å². The lowest BCUT2D eigenvalue weighted by Gasteiger charge is -2.40. The maximum absolute atomic E-state index is 13.9. The van der Waals surface area contributed by atoms with E-state index >= 15 is 0 Å². The summed E-state index contributed by atoms with van der Waals surface area (Å²) in [5.41, 5.74) is 4.08. The van der Waals surface area contributed by atoms with Crippen LogP contribution in [0.3, 0.4) is 0 Å². The average Bonchev–Trinajstić information content (AvgIpc) is 3.05. The zero-order valence-electron chi connectivity index (χ0n) is 24.6. The smallest absolute Gasteiger partial charge is 0.418 e. The molecule has 1 saturated heterocycles. The molecule has 1 aliphatic rings. The second kappa shape index (κ2) is 13.1. The minimum atomic E-state index is -4.75. The fraction of sp³-hybridized carbons (Fsp3) is 0.229. The van der Waals surface area contributed by atoms with Crippen molar-refractivity contribution >= 4 is 29.2 Å². The molecule has 4 aromatic carbocycles. The summed E-state index contributed by atoms with van der Waals surface area (Å²) in [6, 6.07) is 25.0. The van der Waals surface area contributed by atoms with Gasteiger partial charge in [0.25, 0.3) is 11.8 Å². The number of likely N-dealkylation sites (tertiary alicyclic amines) is 1. The van der Waals surface area contributed by atoms with Crippen molar-refractivity contribution in [2.45, 2.75) is 31.0 Å². The third-order valence-corrected chi connectivity index (χ3v) is 8.33. The molecule has 11 heteroatoms. The highest BCUT2D eigenvalue weighted by Crippen LogP contribution is 2.37. The molecule has 8 nitrogen and oxygen atoms in total. The SMILES string of the molecule is Nc1ccc(NC(=O)C(O)(Cc2cccc(-c3cccc(C(=O)O)c3)c2)C2CCN(C(=O)c3ccccc3)CC2)cc1C(F)(F)F. The first-order valence-corrected chi connectivity index (χ1v) is 14.6. The molecular weight excluding hydrogens is 599 g/mol. The van der Waals surface area contributed by atoms with Crippen LogP contribution in [0.1, 0.15) is 44.7 Å². The van der Waals surface area contributed by atoms with E-state index in [1.165, 1.54) is 18.2 Å². The number of hydrogen-bond donors (Lipinski definition) is 4. The molecule has 0 saturated carbocycles. The molecule has 4 aromatic rings. The number of alkyl halides is 3. The van der Waals surface area contributed by atoms with E-state index in [0.29, 0.717) is 22.3 Å². The number of nitrogens with two attached hydrogens (primary N) is 1. The molecule has 1 fully saturated rings. The maximum Gasteiger partial charge on any atom is 0.418 e. The summed E-state index contributed by atoms with van der Waals surface area (Å²) in [6.45, 7) is 0.520. The van der Waals surface area contributed by atoms with Gasteiger partial charge in [-0.15, -0.1) is 0 Å². The lowest BCUT2D eigenvalue weighted by atomic mass is 9.75. The molecule has 0 bridgehead atoms. The predicted octanol–water partition coefficient (Wildman–Crippen LogP) is 6.12. The van der Waals surface area contributed by atoms with Crippen LogP contribution in [0, 0.1) is 5.92 Å². The summed E-state index contributed by atoms with van der Waals surface area (Å²) < 4.78 is 40.6. The van der Waals surface area contributed by atoms with Crippen LogP contribution >= 0.6 is 0 Å². The number of rotatable bonds is 8. The van der Waals surface area contributed by atoms with Gasteiger partial charge in [0.15, 0.2) is 0 Å². The van der Waals surface area contributed by atoms with Crippen LogP contribution in [0.25, 0.3) is 11.1 Å². The highest BCUT2D eigenvalue weighted by molar-refractivity contribution is 5.98. The van der Waals surface area contributed by atoms with Gasteiger partial charge in [-0.25, -0.2) is 4.79 Å². The second-order valence-electron chi connectivity index (χ2n) is 11.4. The van der Waals surface area contributed by atoms with Crippen molar-refractivity contribution in [3.8, 4) is 11.1 Å². The molecule has 1 unspecified atom stereocenters. The molecule has 0 spiro atoms. The van der Waals surface area contributed by atoms with Crippen LogP contribution in [0.5, 0.6) is 0 Å². The van der Waals surface area contributed by atoms with E-state index in [9.17, 15) is 37.8 Å². The van der Waals surface area contributed by atoms with Crippen molar-refractivity contribution < 1.29 is 37.8 Å². The van der Waals surface area contributed by atoms with Crippen LogP contribution in [-0.2, 0) is 17.4 Å². The lowest BCUT2D eigenvalue weighted by Crippen LogP contribution is -2.54. The van der Waals surface area contributed by atoms with E-state index in [4.69, 9.17) is 5.73 Å². The number of amides is 2. The fourth-order valence-corrected chi connectivity index (χ4v) is 5.86. The topological polar surface area (TPSA) is 133 Å². The van der Waals surface area contributed by atoms with Gasteiger partial charge in [0.05, 0.1) is 11.1 Å². The van der Waals surface area contributed by atoms with Gasteiger partial charge in [0.1, 0.15) is 5.60 Å². The molecule has 0 aromatic heterocycles. The number of carbonyl (C=O) groups is 3. The molecule has 5 N–H and O–H groups in total. The number of piperidine rings is 1. The van der Waals surface area contributed by atoms with Crippen molar-refractivity contribution in [2.75, 3.05) is 24.1 Å². The van der Waals surface area contributed by atoms with Crippen molar-refractivity contribution in [2.24, 2.45) is 5.92 Å². The minimum absolute atomic E-state index is 0.0947. The number of aliphatic hydroxyl groups is 1. The Morgan fingerprint density at radius 2 is 1.46 bits per heavy atom. The minimum Gasteiger partial charge on any atom is -0.478 e. The third kappa shape index (κ3) is 7.05. The first kappa shape index (κ1) is 32.2. The zero-order valence-corrected chi connectivity index (χ0v) is 24.6. The number of halogens is 3. The largest absolute Gasteiger partial charge is 0.478 e. The summed E-state index contributed by atoms with van der Waals surface area (Å²) in [7, 11) is 0. The first-order chi connectivity index (χ1) is 21.8. The van der Waals surface area contributed by atoms with Gasteiger partial charge in [-0.1, -0.05) is 54.6 Å². The Labute approximate surface area is 263 Å².